The Hall–Kier alpha value is -3.54. The Labute approximate surface area is 186 Å². The summed E-state index contributed by atoms with van der Waals surface area (Å²) >= 11 is 0. The second kappa shape index (κ2) is 7.51. The van der Waals surface area contributed by atoms with Gasteiger partial charge in [0.25, 0.3) is 0 Å². The molecule has 0 aromatic heterocycles. The topological polar surface area (TPSA) is 0 Å². The van der Waals surface area contributed by atoms with Crippen molar-refractivity contribution < 1.29 is 26.3 Å². The third-order valence-corrected chi connectivity index (χ3v) is 5.95. The van der Waals surface area contributed by atoms with Crippen LogP contribution in [-0.2, 0) is 18.8 Å². The Morgan fingerprint density at radius 3 is 1.64 bits per heavy atom. The predicted octanol–water partition coefficient (Wildman–Crippen LogP) is 8.63. The smallest absolute Gasteiger partial charge is 0.166 e. The molecule has 0 aliphatic heterocycles. The van der Waals surface area contributed by atoms with Crippen LogP contribution in [0.15, 0.2) is 84.9 Å². The number of alkyl halides is 6. The maximum Gasteiger partial charge on any atom is 0.417 e. The molecule has 33 heavy (non-hydrogen) atoms. The first-order valence-corrected chi connectivity index (χ1v) is 10.2. The summed E-state index contributed by atoms with van der Waals surface area (Å²) in [6, 6.07) is 20.8. The molecule has 0 saturated heterocycles. The third-order valence-electron chi connectivity index (χ3n) is 5.95. The van der Waals surface area contributed by atoms with E-state index in [4.69, 9.17) is 0 Å². The first kappa shape index (κ1) is 21.3. The molecular weight excluding hydrogens is 438 g/mol. The van der Waals surface area contributed by atoms with Crippen LogP contribution in [0.3, 0.4) is 0 Å². The van der Waals surface area contributed by atoms with Crippen molar-refractivity contribution in [1.82, 2.24) is 0 Å². The lowest BCUT2D eigenvalue weighted by molar-refractivity contribution is -0.137. The SMILES string of the molecule is FC(F)(F)c1ccccc1-c1cc2c(c(-c3ccccc3C(F)(F)F)c1)-c1ccccc1C2. The summed E-state index contributed by atoms with van der Waals surface area (Å²) in [5.74, 6) is 0. The first-order valence-electron chi connectivity index (χ1n) is 10.2. The van der Waals surface area contributed by atoms with Gasteiger partial charge in [0.05, 0.1) is 11.1 Å². The highest BCUT2D eigenvalue weighted by atomic mass is 19.4. The molecule has 1 aliphatic rings. The van der Waals surface area contributed by atoms with E-state index in [0.717, 1.165) is 23.3 Å². The maximum absolute atomic E-state index is 13.9. The number of fused-ring (bicyclic) bond motifs is 3. The Morgan fingerprint density at radius 1 is 0.485 bits per heavy atom. The van der Waals surface area contributed by atoms with Gasteiger partial charge < -0.3 is 0 Å². The van der Waals surface area contributed by atoms with Crippen LogP contribution in [-0.4, -0.2) is 0 Å². The zero-order valence-corrected chi connectivity index (χ0v) is 17.1. The van der Waals surface area contributed by atoms with Crippen molar-refractivity contribution in [1.29, 1.82) is 0 Å². The Balaban J connectivity index is 1.84. The number of halogens is 6. The number of benzene rings is 4. The molecule has 0 unspecified atom stereocenters. The standard InChI is InChI=1S/C27H16F6/c28-26(29,30)23-11-5-3-8-19(23)17-14-18-13-16-7-1-2-9-20(16)25(18)22(15-17)21-10-4-6-12-24(21)27(31,32)33/h1-12,14-15H,13H2. The van der Waals surface area contributed by atoms with Crippen molar-refractivity contribution in [2.75, 3.05) is 0 Å². The van der Waals surface area contributed by atoms with Gasteiger partial charge in [0.15, 0.2) is 0 Å². The van der Waals surface area contributed by atoms with Gasteiger partial charge in [-0.25, -0.2) is 0 Å². The van der Waals surface area contributed by atoms with Crippen molar-refractivity contribution >= 4 is 0 Å². The van der Waals surface area contributed by atoms with Crippen LogP contribution in [0.2, 0.25) is 0 Å². The molecule has 0 N–H and O–H groups in total. The molecule has 5 rings (SSSR count). The highest BCUT2D eigenvalue weighted by Crippen LogP contribution is 2.49. The van der Waals surface area contributed by atoms with Crippen molar-refractivity contribution in [3.05, 3.63) is 107 Å². The monoisotopic (exact) mass is 454 g/mol. The molecule has 0 amide bonds. The van der Waals surface area contributed by atoms with Crippen molar-refractivity contribution in [2.45, 2.75) is 18.8 Å². The molecule has 0 spiro atoms. The highest BCUT2D eigenvalue weighted by molar-refractivity contribution is 5.94. The number of rotatable bonds is 2. The summed E-state index contributed by atoms with van der Waals surface area (Å²) in [5.41, 5.74) is 1.83. The lowest BCUT2D eigenvalue weighted by Crippen LogP contribution is -2.08. The molecule has 4 aromatic rings. The second-order valence-corrected chi connectivity index (χ2v) is 7.98. The molecule has 0 heterocycles. The largest absolute Gasteiger partial charge is 0.417 e. The van der Waals surface area contributed by atoms with Gasteiger partial charge in [0.1, 0.15) is 0 Å². The zero-order valence-electron chi connectivity index (χ0n) is 17.1. The Kier molecular flexibility index (Phi) is 4.85. The summed E-state index contributed by atoms with van der Waals surface area (Å²) in [6.07, 6.45) is -8.77. The molecule has 0 fully saturated rings. The Morgan fingerprint density at radius 2 is 1.00 bits per heavy atom. The quantitative estimate of drug-likeness (QED) is 0.234. The van der Waals surface area contributed by atoms with Crippen LogP contribution in [0.5, 0.6) is 0 Å². The summed E-state index contributed by atoms with van der Waals surface area (Å²) in [4.78, 5) is 0. The van der Waals surface area contributed by atoms with Gasteiger partial charge in [-0.05, 0) is 69.1 Å². The normalized spacial score (nSPS) is 13.0. The van der Waals surface area contributed by atoms with Crippen LogP contribution < -0.4 is 0 Å². The molecule has 0 saturated carbocycles. The van der Waals surface area contributed by atoms with Gasteiger partial charge in [-0.3, -0.25) is 0 Å². The molecule has 0 nitrogen and oxygen atoms in total. The predicted molar refractivity (Wildman–Crippen MR) is 116 cm³/mol. The molecule has 0 radical (unpaired) electrons. The van der Waals surface area contributed by atoms with E-state index < -0.39 is 23.5 Å². The number of hydrogen-bond acceptors (Lipinski definition) is 0. The van der Waals surface area contributed by atoms with Crippen molar-refractivity contribution in [2.24, 2.45) is 0 Å². The van der Waals surface area contributed by atoms with Crippen LogP contribution in [0.4, 0.5) is 26.3 Å². The average molecular weight is 454 g/mol. The van der Waals surface area contributed by atoms with Crippen molar-refractivity contribution in [3.8, 4) is 33.4 Å². The van der Waals surface area contributed by atoms with Gasteiger partial charge in [0.2, 0.25) is 0 Å². The van der Waals surface area contributed by atoms with E-state index in [-0.39, 0.29) is 22.3 Å². The maximum atomic E-state index is 13.9. The van der Waals surface area contributed by atoms with Gasteiger partial charge >= 0.3 is 12.4 Å². The van der Waals surface area contributed by atoms with Gasteiger partial charge in [-0.15, -0.1) is 0 Å². The van der Waals surface area contributed by atoms with E-state index in [1.807, 2.05) is 18.2 Å². The van der Waals surface area contributed by atoms with Crippen LogP contribution in [0.25, 0.3) is 33.4 Å². The number of hydrogen-bond donors (Lipinski definition) is 0. The van der Waals surface area contributed by atoms with E-state index in [1.165, 1.54) is 42.5 Å². The lowest BCUT2D eigenvalue weighted by atomic mass is 9.87. The van der Waals surface area contributed by atoms with E-state index in [0.29, 0.717) is 17.5 Å². The van der Waals surface area contributed by atoms with E-state index in [1.54, 1.807) is 12.1 Å². The molecule has 0 atom stereocenters. The molecule has 166 valence electrons. The minimum absolute atomic E-state index is 0.0516. The second-order valence-electron chi connectivity index (χ2n) is 7.98. The first-order chi connectivity index (χ1) is 15.6. The van der Waals surface area contributed by atoms with Gasteiger partial charge in [-0.1, -0.05) is 66.7 Å². The van der Waals surface area contributed by atoms with E-state index in [2.05, 4.69) is 0 Å². The molecular formula is C27H16F6. The minimum Gasteiger partial charge on any atom is -0.166 e. The van der Waals surface area contributed by atoms with Crippen LogP contribution in [0, 0.1) is 0 Å². The minimum atomic E-state index is -4.61. The van der Waals surface area contributed by atoms with Crippen LogP contribution >= 0.6 is 0 Å². The van der Waals surface area contributed by atoms with Crippen molar-refractivity contribution in [3.63, 3.8) is 0 Å². The van der Waals surface area contributed by atoms with Crippen LogP contribution in [0.1, 0.15) is 22.3 Å². The van der Waals surface area contributed by atoms with Gasteiger partial charge in [0, 0.05) is 0 Å². The summed E-state index contributed by atoms with van der Waals surface area (Å²) in [6.45, 7) is 0. The van der Waals surface area contributed by atoms with E-state index in [9.17, 15) is 26.3 Å². The summed E-state index contributed by atoms with van der Waals surface area (Å²) < 4.78 is 82.8. The molecule has 1 aliphatic carbocycles. The lowest BCUT2D eigenvalue weighted by Gasteiger charge is -2.19. The molecule has 6 heteroatoms. The fourth-order valence-electron chi connectivity index (χ4n) is 4.60. The zero-order chi connectivity index (χ0) is 23.4. The fourth-order valence-corrected chi connectivity index (χ4v) is 4.60. The molecule has 4 aromatic carbocycles. The third kappa shape index (κ3) is 3.69. The fraction of sp³-hybridized carbons (Fsp3) is 0.111. The highest BCUT2D eigenvalue weighted by Gasteiger charge is 2.36. The summed E-state index contributed by atoms with van der Waals surface area (Å²) in [5, 5.41) is 0. The summed E-state index contributed by atoms with van der Waals surface area (Å²) in [7, 11) is 0. The average Bonchev–Trinajstić information content (AvgIpc) is 3.16. The molecule has 0 bridgehead atoms. The Bertz CT molecular complexity index is 1360. The van der Waals surface area contributed by atoms with Gasteiger partial charge in [-0.2, -0.15) is 26.3 Å². The van der Waals surface area contributed by atoms with E-state index >= 15 is 0 Å².